The van der Waals surface area contributed by atoms with Crippen LogP contribution in [0, 0.1) is 5.92 Å². The molecule has 2 heterocycles. The number of fused-ring (bicyclic) bond motifs is 4. The van der Waals surface area contributed by atoms with Gasteiger partial charge in [-0.1, -0.05) is 18.2 Å². The van der Waals surface area contributed by atoms with Gasteiger partial charge in [-0.15, -0.1) is 0 Å². The van der Waals surface area contributed by atoms with Gasteiger partial charge in [0.1, 0.15) is 17.4 Å². The Balaban J connectivity index is 1.68. The molecule has 0 aliphatic carbocycles. The number of carbonyl (C=O) groups excluding carboxylic acids is 1. The molecule has 2 bridgehead atoms. The summed E-state index contributed by atoms with van der Waals surface area (Å²) in [6, 6.07) is 14.8. The molecule has 164 valence electrons. The lowest BCUT2D eigenvalue weighted by molar-refractivity contribution is -0.149. The van der Waals surface area contributed by atoms with E-state index in [9.17, 15) is 4.79 Å². The van der Waals surface area contributed by atoms with E-state index in [4.69, 9.17) is 26.4 Å². The van der Waals surface area contributed by atoms with Crippen molar-refractivity contribution < 1.29 is 19.0 Å². The van der Waals surface area contributed by atoms with E-state index < -0.39 is 11.6 Å². The van der Waals surface area contributed by atoms with Gasteiger partial charge in [0.15, 0.2) is 10.8 Å². The zero-order valence-electron chi connectivity index (χ0n) is 17.9. The van der Waals surface area contributed by atoms with Gasteiger partial charge < -0.3 is 29.7 Å². The lowest BCUT2D eigenvalue weighted by Crippen LogP contribution is -2.71. The third kappa shape index (κ3) is 3.93. The molecule has 1 amide bonds. The van der Waals surface area contributed by atoms with Gasteiger partial charge in [0, 0.05) is 31.5 Å². The molecule has 31 heavy (non-hydrogen) atoms. The molecule has 0 unspecified atom stereocenters. The van der Waals surface area contributed by atoms with Crippen molar-refractivity contribution in [1.82, 2.24) is 10.2 Å². The Hall–Kier alpha value is -2.84. The third-order valence-corrected chi connectivity index (χ3v) is 6.25. The van der Waals surface area contributed by atoms with Crippen molar-refractivity contribution in [1.29, 1.82) is 0 Å². The molecule has 0 spiro atoms. The summed E-state index contributed by atoms with van der Waals surface area (Å²) in [6.45, 7) is 3.14. The van der Waals surface area contributed by atoms with Crippen LogP contribution in [0.5, 0.6) is 11.5 Å². The van der Waals surface area contributed by atoms with Crippen LogP contribution in [0.25, 0.3) is 0 Å². The number of ether oxygens (including phenoxy) is 3. The van der Waals surface area contributed by atoms with E-state index in [1.165, 1.54) is 0 Å². The van der Waals surface area contributed by atoms with E-state index >= 15 is 0 Å². The van der Waals surface area contributed by atoms with Crippen molar-refractivity contribution in [3.05, 3.63) is 54.1 Å². The molecule has 8 heteroatoms. The molecule has 0 aromatic heterocycles. The first-order valence-corrected chi connectivity index (χ1v) is 10.7. The number of methoxy groups -OCH3 is 2. The molecule has 3 atom stereocenters. The maximum atomic E-state index is 13.6. The summed E-state index contributed by atoms with van der Waals surface area (Å²) in [7, 11) is 3.28. The van der Waals surface area contributed by atoms with Gasteiger partial charge in [0.25, 0.3) is 0 Å². The summed E-state index contributed by atoms with van der Waals surface area (Å²) >= 11 is 5.68. The minimum absolute atomic E-state index is 0.140. The van der Waals surface area contributed by atoms with Crippen molar-refractivity contribution >= 4 is 28.9 Å². The largest absolute Gasteiger partial charge is 0.497 e. The van der Waals surface area contributed by atoms with Crippen LogP contribution in [0.3, 0.4) is 0 Å². The number of rotatable bonds is 7. The van der Waals surface area contributed by atoms with E-state index in [1.807, 2.05) is 60.4 Å². The molecule has 2 aliphatic rings. The number of anilines is 1. The number of carbonyl (C=O) groups is 1. The number of amides is 1. The lowest BCUT2D eigenvalue weighted by Gasteiger charge is -2.56. The van der Waals surface area contributed by atoms with Crippen LogP contribution < -0.4 is 20.1 Å². The van der Waals surface area contributed by atoms with Gasteiger partial charge in [-0.2, -0.15) is 0 Å². The molecule has 2 N–H and O–H groups in total. The van der Waals surface area contributed by atoms with Crippen LogP contribution in [-0.2, 0) is 9.53 Å². The van der Waals surface area contributed by atoms with Gasteiger partial charge in [0.05, 0.1) is 13.2 Å². The Morgan fingerprint density at radius 3 is 2.68 bits per heavy atom. The molecule has 4 rings (SSSR count). The smallest absolute Gasteiger partial charge is 0.236 e. The number of hydrogen-bond acceptors (Lipinski definition) is 5. The standard InChI is InChI=1S/C23H27N3O4S/c1-23-19(21(27)24-15-9-11-16(29-3)12-10-15)20(17-7-4-5-8-18(17)30-23)25-22(31)26(23)13-6-14-28-2/h4-5,7-12,19-20H,6,13-14H2,1-3H3,(H,24,27)(H,25,31)/t19-,20-,23-/m0/s1. The molecule has 2 aromatic carbocycles. The van der Waals surface area contributed by atoms with Crippen molar-refractivity contribution in [3.8, 4) is 11.5 Å². The van der Waals surface area contributed by atoms with Crippen molar-refractivity contribution in [2.75, 3.05) is 32.7 Å². The Bertz CT molecular complexity index is 968. The zero-order chi connectivity index (χ0) is 22.0. The van der Waals surface area contributed by atoms with Gasteiger partial charge in [0.2, 0.25) is 5.91 Å². The zero-order valence-corrected chi connectivity index (χ0v) is 18.7. The highest BCUT2D eigenvalue weighted by molar-refractivity contribution is 7.80. The first-order valence-electron chi connectivity index (χ1n) is 10.3. The minimum atomic E-state index is -0.939. The predicted molar refractivity (Wildman–Crippen MR) is 122 cm³/mol. The monoisotopic (exact) mass is 441 g/mol. The molecular formula is C23H27N3O4S. The lowest BCUT2D eigenvalue weighted by atomic mass is 9.78. The molecular weight excluding hydrogens is 414 g/mol. The van der Waals surface area contributed by atoms with E-state index in [-0.39, 0.29) is 11.9 Å². The van der Waals surface area contributed by atoms with E-state index in [2.05, 4.69) is 10.6 Å². The third-order valence-electron chi connectivity index (χ3n) is 5.91. The summed E-state index contributed by atoms with van der Waals surface area (Å²) in [5.41, 5.74) is 0.680. The Morgan fingerprint density at radius 2 is 1.97 bits per heavy atom. The topological polar surface area (TPSA) is 72.1 Å². The predicted octanol–water partition coefficient (Wildman–Crippen LogP) is 3.33. The van der Waals surface area contributed by atoms with Crippen LogP contribution in [0.4, 0.5) is 5.69 Å². The highest BCUT2D eigenvalue weighted by Gasteiger charge is 2.58. The van der Waals surface area contributed by atoms with E-state index in [1.54, 1.807) is 14.2 Å². The van der Waals surface area contributed by atoms with Gasteiger partial charge in [-0.3, -0.25) is 4.79 Å². The number of nitrogens with one attached hydrogen (secondary N) is 2. The second kappa shape index (κ2) is 8.72. The second-order valence-electron chi connectivity index (χ2n) is 7.82. The van der Waals surface area contributed by atoms with Gasteiger partial charge in [-0.25, -0.2) is 0 Å². The van der Waals surface area contributed by atoms with Crippen molar-refractivity contribution in [2.45, 2.75) is 25.1 Å². The first kappa shape index (κ1) is 21.4. The van der Waals surface area contributed by atoms with E-state index in [0.29, 0.717) is 24.0 Å². The molecule has 0 saturated carbocycles. The summed E-state index contributed by atoms with van der Waals surface area (Å²) in [5, 5.41) is 7.01. The SMILES string of the molecule is COCCCN1C(=S)N[C@H]2c3ccccc3O[C@@]1(C)[C@@H]2C(=O)Nc1ccc(OC)cc1. The average molecular weight is 442 g/mol. The number of para-hydroxylation sites is 1. The molecule has 1 fully saturated rings. The summed E-state index contributed by atoms with van der Waals surface area (Å²) in [4.78, 5) is 15.5. The van der Waals surface area contributed by atoms with Crippen molar-refractivity contribution in [3.63, 3.8) is 0 Å². The normalized spacial score (nSPS) is 24.0. The average Bonchev–Trinajstić information content (AvgIpc) is 2.76. The maximum Gasteiger partial charge on any atom is 0.236 e. The molecule has 1 saturated heterocycles. The Morgan fingerprint density at radius 1 is 1.23 bits per heavy atom. The molecule has 0 radical (unpaired) electrons. The van der Waals surface area contributed by atoms with Crippen molar-refractivity contribution in [2.24, 2.45) is 5.92 Å². The van der Waals surface area contributed by atoms with E-state index in [0.717, 1.165) is 23.5 Å². The van der Waals surface area contributed by atoms with Crippen LogP contribution >= 0.6 is 12.2 Å². The minimum Gasteiger partial charge on any atom is -0.497 e. The highest BCUT2D eigenvalue weighted by Crippen LogP contribution is 2.48. The van der Waals surface area contributed by atoms with Crippen LogP contribution in [0.2, 0.25) is 0 Å². The van der Waals surface area contributed by atoms with Crippen LogP contribution in [0.1, 0.15) is 24.9 Å². The van der Waals surface area contributed by atoms with Crippen LogP contribution in [-0.4, -0.2) is 49.0 Å². The number of nitrogens with zero attached hydrogens (tertiary/aromatic N) is 1. The highest BCUT2D eigenvalue weighted by atomic mass is 32.1. The first-order chi connectivity index (χ1) is 15.0. The van der Waals surface area contributed by atoms with Gasteiger partial charge >= 0.3 is 0 Å². The summed E-state index contributed by atoms with van der Waals surface area (Å²) < 4.78 is 16.9. The summed E-state index contributed by atoms with van der Waals surface area (Å²) in [6.07, 6.45) is 0.760. The second-order valence-corrected chi connectivity index (χ2v) is 8.20. The fourth-order valence-corrected chi connectivity index (χ4v) is 4.78. The Kier molecular flexibility index (Phi) is 6.02. The molecule has 2 aromatic rings. The quantitative estimate of drug-likeness (QED) is 0.504. The maximum absolute atomic E-state index is 13.6. The Labute approximate surface area is 187 Å². The molecule has 2 aliphatic heterocycles. The fourth-order valence-electron chi connectivity index (χ4n) is 4.38. The number of hydrogen-bond donors (Lipinski definition) is 2. The van der Waals surface area contributed by atoms with Crippen LogP contribution in [0.15, 0.2) is 48.5 Å². The number of benzene rings is 2. The molecule has 7 nitrogen and oxygen atoms in total. The van der Waals surface area contributed by atoms with Gasteiger partial charge in [-0.05, 0) is 55.9 Å². The summed E-state index contributed by atoms with van der Waals surface area (Å²) in [5.74, 6) is 0.820. The number of thiocarbonyl (C=S) groups is 1. The fraction of sp³-hybridized carbons (Fsp3) is 0.391.